The minimum absolute atomic E-state index is 0.0735. The van der Waals surface area contributed by atoms with Crippen LogP contribution in [0.4, 0.5) is 10.1 Å². The van der Waals surface area contributed by atoms with E-state index in [9.17, 15) is 14.0 Å². The summed E-state index contributed by atoms with van der Waals surface area (Å²) in [6, 6.07) is 4.32. The van der Waals surface area contributed by atoms with Gasteiger partial charge in [0.25, 0.3) is 0 Å². The average molecular weight is 296 g/mol. The van der Waals surface area contributed by atoms with Crippen molar-refractivity contribution in [3.63, 3.8) is 0 Å². The van der Waals surface area contributed by atoms with Crippen LogP contribution in [0.2, 0.25) is 0 Å². The molecule has 0 radical (unpaired) electrons. The van der Waals surface area contributed by atoms with Gasteiger partial charge in [0.15, 0.2) is 0 Å². The summed E-state index contributed by atoms with van der Waals surface area (Å²) in [5.41, 5.74) is 5.49. The number of rotatable bonds is 4. The number of carbonyl (C=O) groups excluding carboxylic acids is 2. The minimum Gasteiger partial charge on any atom is -0.396 e. The lowest BCUT2D eigenvalue weighted by atomic mass is 10.2. The molecule has 0 spiro atoms. The molecule has 4 nitrogen and oxygen atoms in total. The van der Waals surface area contributed by atoms with Gasteiger partial charge in [0.2, 0.25) is 11.8 Å². The molecule has 1 aromatic rings. The lowest BCUT2D eigenvalue weighted by Gasteiger charge is -2.21. The third-order valence-corrected chi connectivity index (χ3v) is 4.60. The van der Waals surface area contributed by atoms with E-state index in [-0.39, 0.29) is 30.0 Å². The summed E-state index contributed by atoms with van der Waals surface area (Å²) < 4.78 is 13.4. The average Bonchev–Trinajstić information content (AvgIpc) is 2.68. The monoisotopic (exact) mass is 296 g/mol. The molecule has 2 N–H and O–H groups in total. The molecule has 0 aromatic heterocycles. The van der Waals surface area contributed by atoms with Crippen molar-refractivity contribution in [2.45, 2.75) is 42.9 Å². The van der Waals surface area contributed by atoms with Crippen LogP contribution < -0.4 is 5.73 Å². The highest BCUT2D eigenvalue weighted by Crippen LogP contribution is 2.33. The van der Waals surface area contributed by atoms with Gasteiger partial charge in [-0.15, -0.1) is 11.8 Å². The van der Waals surface area contributed by atoms with Gasteiger partial charge in [0.05, 0.1) is 10.9 Å². The lowest BCUT2D eigenvalue weighted by Crippen LogP contribution is -2.38. The Morgan fingerprint density at radius 2 is 2.20 bits per heavy atom. The van der Waals surface area contributed by atoms with Crippen LogP contribution in [0.5, 0.6) is 0 Å². The number of hydrogen-bond donors (Lipinski definition) is 1. The molecule has 2 atom stereocenters. The number of imide groups is 1. The van der Waals surface area contributed by atoms with Crippen LogP contribution in [0.1, 0.15) is 26.7 Å². The zero-order chi connectivity index (χ0) is 14.9. The van der Waals surface area contributed by atoms with E-state index >= 15 is 0 Å². The fourth-order valence-corrected chi connectivity index (χ4v) is 3.19. The van der Waals surface area contributed by atoms with E-state index in [0.29, 0.717) is 4.90 Å². The molecule has 6 heteroatoms. The Morgan fingerprint density at radius 3 is 2.80 bits per heavy atom. The molecule has 1 heterocycles. The molecule has 1 aliphatic rings. The van der Waals surface area contributed by atoms with Crippen molar-refractivity contribution < 1.29 is 14.0 Å². The number of nitrogens with zero attached hydrogens (tertiary/aromatic N) is 1. The van der Waals surface area contributed by atoms with Crippen LogP contribution in [-0.2, 0) is 9.59 Å². The molecular formula is C14H17FN2O2S. The number of likely N-dealkylation sites (tertiary alicyclic amines) is 1. The third kappa shape index (κ3) is 2.80. The van der Waals surface area contributed by atoms with Crippen molar-refractivity contribution in [1.29, 1.82) is 0 Å². The Kier molecular flexibility index (Phi) is 4.32. The second kappa shape index (κ2) is 5.83. The third-order valence-electron chi connectivity index (χ3n) is 3.42. The molecule has 2 unspecified atom stereocenters. The van der Waals surface area contributed by atoms with Crippen LogP contribution in [0.15, 0.2) is 23.1 Å². The normalized spacial score (nSPS) is 20.6. The Hall–Kier alpha value is -1.56. The van der Waals surface area contributed by atoms with E-state index in [1.807, 2.05) is 13.8 Å². The number of nitrogens with two attached hydrogens (primary N) is 1. The maximum absolute atomic E-state index is 13.4. The maximum Gasteiger partial charge on any atom is 0.243 e. The first kappa shape index (κ1) is 14.8. The summed E-state index contributed by atoms with van der Waals surface area (Å²) in [5, 5.41) is -0.473. The minimum atomic E-state index is -0.509. The predicted molar refractivity (Wildman–Crippen MR) is 76.7 cm³/mol. The molecule has 1 saturated heterocycles. The smallest absolute Gasteiger partial charge is 0.243 e. The molecule has 0 saturated carbocycles. The summed E-state index contributed by atoms with van der Waals surface area (Å²) in [7, 11) is 0. The number of amides is 2. The van der Waals surface area contributed by atoms with Crippen LogP contribution >= 0.6 is 11.8 Å². The highest BCUT2D eigenvalue weighted by molar-refractivity contribution is 8.00. The topological polar surface area (TPSA) is 63.4 Å². The first-order valence-electron chi connectivity index (χ1n) is 6.51. The number of benzene rings is 1. The summed E-state index contributed by atoms with van der Waals surface area (Å²) in [6.07, 6.45) is 0.894. The number of halogens is 1. The van der Waals surface area contributed by atoms with Crippen LogP contribution in [0.25, 0.3) is 0 Å². The summed E-state index contributed by atoms with van der Waals surface area (Å²) in [4.78, 5) is 26.1. The largest absolute Gasteiger partial charge is 0.396 e. The number of hydrogen-bond acceptors (Lipinski definition) is 4. The highest BCUT2D eigenvalue weighted by Gasteiger charge is 2.41. The summed E-state index contributed by atoms with van der Waals surface area (Å²) >= 11 is 1.21. The lowest BCUT2D eigenvalue weighted by molar-refractivity contribution is -0.140. The van der Waals surface area contributed by atoms with Gasteiger partial charge in [0, 0.05) is 17.4 Å². The van der Waals surface area contributed by atoms with Gasteiger partial charge in [-0.05, 0) is 31.5 Å². The van der Waals surface area contributed by atoms with Gasteiger partial charge in [-0.2, -0.15) is 0 Å². The molecule has 2 amide bonds. The summed E-state index contributed by atoms with van der Waals surface area (Å²) in [6.45, 7) is 3.78. The second-order valence-electron chi connectivity index (χ2n) is 4.85. The fourth-order valence-electron chi connectivity index (χ4n) is 2.11. The van der Waals surface area contributed by atoms with E-state index in [1.165, 1.54) is 28.8 Å². The van der Waals surface area contributed by atoms with Crippen molar-refractivity contribution in [3.8, 4) is 0 Å². The SMILES string of the molecule is CCC(C)N1C(=O)CC(Sc2ccc(N)c(F)c2)C1=O. The van der Waals surface area contributed by atoms with Crippen molar-refractivity contribution in [2.24, 2.45) is 0 Å². The van der Waals surface area contributed by atoms with Crippen molar-refractivity contribution in [1.82, 2.24) is 4.90 Å². The van der Waals surface area contributed by atoms with E-state index < -0.39 is 11.1 Å². The molecule has 1 fully saturated rings. The zero-order valence-corrected chi connectivity index (χ0v) is 12.2. The van der Waals surface area contributed by atoms with Crippen LogP contribution in [0, 0.1) is 5.82 Å². The van der Waals surface area contributed by atoms with Gasteiger partial charge < -0.3 is 5.73 Å². The first-order valence-corrected chi connectivity index (χ1v) is 7.39. The molecule has 1 aliphatic heterocycles. The van der Waals surface area contributed by atoms with E-state index in [0.717, 1.165) is 6.42 Å². The van der Waals surface area contributed by atoms with Gasteiger partial charge >= 0.3 is 0 Å². The zero-order valence-electron chi connectivity index (χ0n) is 11.4. The quantitative estimate of drug-likeness (QED) is 0.684. The van der Waals surface area contributed by atoms with E-state index in [4.69, 9.17) is 5.73 Å². The van der Waals surface area contributed by atoms with Crippen LogP contribution in [0.3, 0.4) is 0 Å². The summed E-state index contributed by atoms with van der Waals surface area (Å²) in [5.74, 6) is -0.852. The Balaban J connectivity index is 2.13. The standard InChI is InChI=1S/C14H17FN2O2S/c1-3-8(2)17-13(18)7-12(14(17)19)20-9-4-5-11(16)10(15)6-9/h4-6,8,12H,3,7,16H2,1-2H3. The first-order chi connectivity index (χ1) is 9.43. The van der Waals surface area contributed by atoms with Crippen molar-refractivity contribution in [2.75, 3.05) is 5.73 Å². The Bertz CT molecular complexity index is 550. The molecule has 108 valence electrons. The second-order valence-corrected chi connectivity index (χ2v) is 6.13. The fraction of sp³-hybridized carbons (Fsp3) is 0.429. The number of anilines is 1. The molecule has 0 bridgehead atoms. The van der Waals surface area contributed by atoms with E-state index in [1.54, 1.807) is 6.07 Å². The predicted octanol–water partition coefficient (Wildman–Crippen LogP) is 2.43. The Labute approximate surface area is 121 Å². The molecule has 20 heavy (non-hydrogen) atoms. The number of nitrogen functional groups attached to an aromatic ring is 1. The molecule has 1 aromatic carbocycles. The molecule has 2 rings (SSSR count). The van der Waals surface area contributed by atoms with Crippen LogP contribution in [-0.4, -0.2) is 28.0 Å². The van der Waals surface area contributed by atoms with Gasteiger partial charge in [-0.25, -0.2) is 4.39 Å². The van der Waals surface area contributed by atoms with Crippen molar-refractivity contribution in [3.05, 3.63) is 24.0 Å². The Morgan fingerprint density at radius 1 is 1.50 bits per heavy atom. The number of carbonyl (C=O) groups is 2. The van der Waals surface area contributed by atoms with E-state index in [2.05, 4.69) is 0 Å². The van der Waals surface area contributed by atoms with Crippen molar-refractivity contribution >= 4 is 29.3 Å². The van der Waals surface area contributed by atoms with Gasteiger partial charge in [-0.3, -0.25) is 14.5 Å². The number of thioether (sulfide) groups is 1. The maximum atomic E-state index is 13.4. The highest BCUT2D eigenvalue weighted by atomic mass is 32.2. The van der Waals surface area contributed by atoms with Gasteiger partial charge in [-0.1, -0.05) is 6.92 Å². The molecular weight excluding hydrogens is 279 g/mol. The molecule has 0 aliphatic carbocycles. The van der Waals surface area contributed by atoms with Gasteiger partial charge in [0.1, 0.15) is 5.82 Å².